The number of hydrogen-bond acceptors (Lipinski definition) is 5. The molecule has 0 aromatic heterocycles. The fourth-order valence-electron chi connectivity index (χ4n) is 4.48. The van der Waals surface area contributed by atoms with E-state index in [1.54, 1.807) is 42.5 Å². The van der Waals surface area contributed by atoms with Crippen LogP contribution in [-0.4, -0.2) is 24.2 Å². The van der Waals surface area contributed by atoms with Gasteiger partial charge in [-0.3, -0.25) is 4.79 Å². The molecular weight excluding hydrogens is 549 g/mol. The van der Waals surface area contributed by atoms with Gasteiger partial charge in [0, 0.05) is 29.7 Å². The van der Waals surface area contributed by atoms with Crippen LogP contribution in [0.1, 0.15) is 33.8 Å². The van der Waals surface area contributed by atoms with Crippen LogP contribution in [0, 0.1) is 0 Å². The van der Waals surface area contributed by atoms with Crippen LogP contribution < -0.4 is 19.5 Å². The van der Waals surface area contributed by atoms with Gasteiger partial charge in [0.05, 0.1) is 22.4 Å². The Kier molecular flexibility index (Phi) is 8.48. The van der Waals surface area contributed by atoms with Crippen LogP contribution in [0.5, 0.6) is 28.7 Å². The number of nitrogens with one attached hydrogen (secondary N) is 1. The molecule has 6 nitrogen and oxygen atoms in total. The Balaban J connectivity index is 1.19. The highest BCUT2D eigenvalue weighted by atomic mass is 35.5. The van der Waals surface area contributed by atoms with Crippen molar-refractivity contribution in [3.63, 3.8) is 0 Å². The summed E-state index contributed by atoms with van der Waals surface area (Å²) in [5, 5.41) is 13.8. The lowest BCUT2D eigenvalue weighted by atomic mass is 9.92. The van der Waals surface area contributed by atoms with Gasteiger partial charge in [0.1, 0.15) is 28.7 Å². The molecule has 1 unspecified atom stereocenters. The summed E-state index contributed by atoms with van der Waals surface area (Å²) >= 11 is 12.7. The molecule has 1 aliphatic heterocycles. The van der Waals surface area contributed by atoms with E-state index >= 15 is 0 Å². The molecule has 0 fully saturated rings. The maximum Gasteiger partial charge on any atom is 0.251 e. The molecule has 0 aliphatic carbocycles. The molecule has 4 aromatic carbocycles. The summed E-state index contributed by atoms with van der Waals surface area (Å²) in [5.41, 5.74) is 2.23. The number of carbonyl (C=O) groups is 1. The minimum Gasteiger partial charge on any atom is -0.512 e. The summed E-state index contributed by atoms with van der Waals surface area (Å²) in [6.45, 7) is 4.54. The first-order valence-corrected chi connectivity index (χ1v) is 13.5. The van der Waals surface area contributed by atoms with E-state index in [0.717, 1.165) is 11.1 Å². The number of halogens is 2. The number of aliphatic hydroxyl groups excluding tert-OH is 1. The molecule has 5 rings (SSSR count). The summed E-state index contributed by atoms with van der Waals surface area (Å²) in [6, 6.07) is 25.2. The van der Waals surface area contributed by atoms with E-state index in [1.807, 2.05) is 42.5 Å². The van der Waals surface area contributed by atoms with Gasteiger partial charge in [-0.15, -0.1) is 0 Å². The SMILES string of the molecule is C=C(O)C1CCOc2cc(Oc3ccc(C(=O)NCCc4ccccc4Oc4ccccc4Cl)cc3)c(Cl)cc21. The Morgan fingerprint density at radius 1 is 0.925 bits per heavy atom. The average molecular weight is 576 g/mol. The van der Waals surface area contributed by atoms with Crippen molar-refractivity contribution >= 4 is 29.1 Å². The number of rotatable bonds is 9. The zero-order chi connectivity index (χ0) is 28.1. The Morgan fingerprint density at radius 3 is 2.40 bits per heavy atom. The van der Waals surface area contributed by atoms with Crippen molar-refractivity contribution in [1.82, 2.24) is 5.32 Å². The molecule has 4 aromatic rings. The van der Waals surface area contributed by atoms with Crippen LogP contribution in [0.4, 0.5) is 0 Å². The maximum absolute atomic E-state index is 12.8. The van der Waals surface area contributed by atoms with Gasteiger partial charge in [0.25, 0.3) is 5.91 Å². The average Bonchev–Trinajstić information content (AvgIpc) is 2.95. The predicted octanol–water partition coefficient (Wildman–Crippen LogP) is 8.49. The first kappa shape index (κ1) is 27.4. The summed E-state index contributed by atoms with van der Waals surface area (Å²) in [4.78, 5) is 12.8. The Hall–Kier alpha value is -4.13. The first-order valence-electron chi connectivity index (χ1n) is 12.8. The number of aliphatic hydroxyl groups is 1. The van der Waals surface area contributed by atoms with Crippen LogP contribution >= 0.6 is 23.2 Å². The molecule has 0 saturated carbocycles. The van der Waals surface area contributed by atoms with Crippen molar-refractivity contribution in [3.8, 4) is 28.7 Å². The van der Waals surface area contributed by atoms with E-state index in [9.17, 15) is 9.90 Å². The third-order valence-corrected chi connectivity index (χ3v) is 7.17. The normalized spacial score (nSPS) is 14.0. The van der Waals surface area contributed by atoms with Gasteiger partial charge in [0.2, 0.25) is 0 Å². The molecule has 1 amide bonds. The van der Waals surface area contributed by atoms with Gasteiger partial charge < -0.3 is 24.6 Å². The van der Waals surface area contributed by atoms with E-state index < -0.39 is 0 Å². The van der Waals surface area contributed by atoms with E-state index in [2.05, 4.69) is 11.9 Å². The van der Waals surface area contributed by atoms with Crippen molar-refractivity contribution in [1.29, 1.82) is 0 Å². The van der Waals surface area contributed by atoms with Crippen LogP contribution in [0.3, 0.4) is 0 Å². The van der Waals surface area contributed by atoms with Gasteiger partial charge in [-0.25, -0.2) is 0 Å². The van der Waals surface area contributed by atoms with Crippen molar-refractivity contribution < 1.29 is 24.1 Å². The first-order chi connectivity index (χ1) is 19.4. The second-order valence-corrected chi connectivity index (χ2v) is 10.1. The lowest BCUT2D eigenvalue weighted by Gasteiger charge is -2.26. The van der Waals surface area contributed by atoms with Crippen LogP contribution in [0.2, 0.25) is 10.0 Å². The number of carbonyl (C=O) groups excluding carboxylic acids is 1. The summed E-state index contributed by atoms with van der Waals surface area (Å²) in [6.07, 6.45) is 1.21. The number of para-hydroxylation sites is 2. The lowest BCUT2D eigenvalue weighted by molar-refractivity contribution is 0.0954. The largest absolute Gasteiger partial charge is 0.512 e. The van der Waals surface area contributed by atoms with Crippen molar-refractivity contribution in [2.24, 2.45) is 0 Å². The molecule has 1 atom stereocenters. The molecule has 40 heavy (non-hydrogen) atoms. The van der Waals surface area contributed by atoms with Gasteiger partial charge in [0.15, 0.2) is 0 Å². The van der Waals surface area contributed by atoms with Crippen LogP contribution in [0.25, 0.3) is 0 Å². The molecular formula is C32H27Cl2NO5. The number of allylic oxidation sites excluding steroid dienone is 1. The summed E-state index contributed by atoms with van der Waals surface area (Å²) in [5.74, 6) is 2.45. The van der Waals surface area contributed by atoms with Gasteiger partial charge in [-0.2, -0.15) is 0 Å². The molecule has 2 N–H and O–H groups in total. The van der Waals surface area contributed by atoms with E-state index in [4.69, 9.17) is 37.4 Å². The van der Waals surface area contributed by atoms with Crippen LogP contribution in [0.15, 0.2) is 97.3 Å². The Labute approximate surface area is 242 Å². The number of amides is 1. The zero-order valence-electron chi connectivity index (χ0n) is 21.5. The van der Waals surface area contributed by atoms with E-state index in [0.29, 0.717) is 70.3 Å². The summed E-state index contributed by atoms with van der Waals surface area (Å²) < 4.78 is 17.7. The molecule has 0 spiro atoms. The van der Waals surface area contributed by atoms with Gasteiger partial charge in [-0.05, 0) is 66.9 Å². The second kappa shape index (κ2) is 12.4. The minimum atomic E-state index is -0.225. The number of ether oxygens (including phenoxy) is 3. The Morgan fingerprint density at radius 2 is 1.65 bits per heavy atom. The quantitative estimate of drug-likeness (QED) is 0.196. The molecule has 0 radical (unpaired) electrons. The molecule has 0 bridgehead atoms. The molecule has 1 aliphatic rings. The standard InChI is InChI=1S/C32H27Cl2NO5/c1-20(36)24-15-17-38-30-19-31(27(34)18-25(24)30)39-23-12-10-22(11-13-23)32(37)35-16-14-21-6-2-4-8-28(21)40-29-9-5-3-7-26(29)33/h2-13,18-19,24,36H,1,14-17H2,(H,35,37). The maximum atomic E-state index is 12.8. The molecule has 8 heteroatoms. The fraction of sp³-hybridized carbons (Fsp3) is 0.156. The Bertz CT molecular complexity index is 1540. The second-order valence-electron chi connectivity index (χ2n) is 9.27. The smallest absolute Gasteiger partial charge is 0.251 e. The third kappa shape index (κ3) is 6.36. The highest BCUT2D eigenvalue weighted by molar-refractivity contribution is 6.32. The summed E-state index contributed by atoms with van der Waals surface area (Å²) in [7, 11) is 0. The number of fused-ring (bicyclic) bond motifs is 1. The fourth-order valence-corrected chi connectivity index (χ4v) is 4.87. The van der Waals surface area contributed by atoms with Crippen molar-refractivity contribution in [2.75, 3.05) is 13.2 Å². The lowest BCUT2D eigenvalue weighted by Crippen LogP contribution is -2.25. The van der Waals surface area contributed by atoms with E-state index in [-0.39, 0.29) is 17.6 Å². The molecule has 1 heterocycles. The van der Waals surface area contributed by atoms with Crippen molar-refractivity contribution in [2.45, 2.75) is 18.8 Å². The predicted molar refractivity (Wildman–Crippen MR) is 157 cm³/mol. The van der Waals surface area contributed by atoms with Gasteiger partial charge in [-0.1, -0.05) is 60.1 Å². The highest BCUT2D eigenvalue weighted by Gasteiger charge is 2.26. The third-order valence-electron chi connectivity index (χ3n) is 6.56. The number of hydrogen-bond donors (Lipinski definition) is 2. The van der Waals surface area contributed by atoms with Crippen LogP contribution in [-0.2, 0) is 6.42 Å². The monoisotopic (exact) mass is 575 g/mol. The van der Waals surface area contributed by atoms with Gasteiger partial charge >= 0.3 is 0 Å². The zero-order valence-corrected chi connectivity index (χ0v) is 23.0. The number of benzene rings is 4. The van der Waals surface area contributed by atoms with E-state index in [1.165, 1.54) is 0 Å². The topological polar surface area (TPSA) is 77.0 Å². The molecule has 204 valence electrons. The highest BCUT2D eigenvalue weighted by Crippen LogP contribution is 2.43. The molecule has 0 saturated heterocycles. The minimum absolute atomic E-state index is 0.0813. The van der Waals surface area contributed by atoms with Crippen molar-refractivity contribution in [3.05, 3.63) is 124 Å².